The zero-order valence-electron chi connectivity index (χ0n) is 17.5. The van der Waals surface area contributed by atoms with Gasteiger partial charge in [-0.3, -0.25) is 4.79 Å². The van der Waals surface area contributed by atoms with Crippen LogP contribution >= 0.6 is 0 Å². The highest BCUT2D eigenvalue weighted by molar-refractivity contribution is 5.77. The van der Waals surface area contributed by atoms with Gasteiger partial charge in [-0.25, -0.2) is 4.79 Å². The smallest absolute Gasteiger partial charge is 0.314 e. The Morgan fingerprint density at radius 2 is 1.90 bits per heavy atom. The highest BCUT2D eigenvalue weighted by Gasteiger charge is 2.49. The molecule has 3 N–H and O–H groups in total. The van der Waals surface area contributed by atoms with Crippen molar-refractivity contribution in [2.24, 2.45) is 0 Å². The molecule has 1 heterocycles. The Kier molecular flexibility index (Phi) is 7.31. The number of aliphatic hydroxyl groups is 1. The van der Waals surface area contributed by atoms with Gasteiger partial charge in [-0.05, 0) is 48.8 Å². The lowest BCUT2D eigenvalue weighted by molar-refractivity contribution is -0.147. The first kappa shape index (κ1) is 21.4. The number of allylic oxidation sites excluding steroid dienone is 2. The van der Waals surface area contributed by atoms with E-state index in [1.807, 2.05) is 6.92 Å². The lowest BCUT2D eigenvalue weighted by Gasteiger charge is -2.54. The maximum absolute atomic E-state index is 12.1. The van der Waals surface area contributed by atoms with Crippen molar-refractivity contribution in [2.45, 2.75) is 64.0 Å². The van der Waals surface area contributed by atoms with Crippen molar-refractivity contribution in [3.05, 3.63) is 41.5 Å². The number of nitrogens with zero attached hydrogens (tertiary/aromatic N) is 1. The standard InChI is InChI=1S/C23H33N3O3/c1-3-13-24-23(29)25-14-20-22(21(15-27)26(20)16(2)28)19-11-9-18(10-12-19)17-7-5-4-6-8-17/h7,9-12,20-22,27H,3-6,8,13-15H2,1-2H3,(H2,24,25,29)/t20-,21-,22-/m1/s1. The monoisotopic (exact) mass is 399 g/mol. The summed E-state index contributed by atoms with van der Waals surface area (Å²) in [6, 6.07) is 7.89. The van der Waals surface area contributed by atoms with E-state index in [9.17, 15) is 14.7 Å². The fourth-order valence-electron chi connectivity index (χ4n) is 4.60. The van der Waals surface area contributed by atoms with Gasteiger partial charge in [0, 0.05) is 25.9 Å². The maximum atomic E-state index is 12.1. The number of benzene rings is 1. The molecule has 0 spiro atoms. The van der Waals surface area contributed by atoms with Crippen LogP contribution in [0.3, 0.4) is 0 Å². The quantitative estimate of drug-likeness (QED) is 0.659. The summed E-state index contributed by atoms with van der Waals surface area (Å²) in [6.07, 6.45) is 7.98. The third kappa shape index (κ3) is 4.81. The van der Waals surface area contributed by atoms with E-state index in [4.69, 9.17) is 0 Å². The summed E-state index contributed by atoms with van der Waals surface area (Å²) < 4.78 is 0. The van der Waals surface area contributed by atoms with Crippen LogP contribution in [0.25, 0.3) is 5.57 Å². The van der Waals surface area contributed by atoms with Gasteiger partial charge in [-0.1, -0.05) is 37.3 Å². The molecule has 1 aliphatic carbocycles. The van der Waals surface area contributed by atoms with Crippen molar-refractivity contribution in [3.8, 4) is 0 Å². The van der Waals surface area contributed by atoms with Crippen molar-refractivity contribution < 1.29 is 14.7 Å². The van der Waals surface area contributed by atoms with E-state index in [1.54, 1.807) is 4.90 Å². The molecule has 1 aromatic carbocycles. The van der Waals surface area contributed by atoms with Crippen LogP contribution in [0.5, 0.6) is 0 Å². The molecule has 0 aromatic heterocycles. The molecule has 2 aliphatic rings. The lowest BCUT2D eigenvalue weighted by atomic mass is 9.74. The van der Waals surface area contributed by atoms with Crippen LogP contribution in [0.4, 0.5) is 4.79 Å². The fourth-order valence-corrected chi connectivity index (χ4v) is 4.60. The first-order valence-electron chi connectivity index (χ1n) is 10.8. The zero-order chi connectivity index (χ0) is 20.8. The van der Waals surface area contributed by atoms with Gasteiger partial charge >= 0.3 is 6.03 Å². The van der Waals surface area contributed by atoms with Crippen LogP contribution in [-0.4, -0.2) is 53.7 Å². The predicted octanol–water partition coefficient (Wildman–Crippen LogP) is 3.03. The van der Waals surface area contributed by atoms with Gasteiger partial charge in [0.1, 0.15) is 0 Å². The molecule has 29 heavy (non-hydrogen) atoms. The molecule has 0 radical (unpaired) electrons. The minimum absolute atomic E-state index is 0.00441. The molecule has 3 atom stereocenters. The molecule has 0 unspecified atom stereocenters. The molecule has 1 aliphatic heterocycles. The largest absolute Gasteiger partial charge is 0.394 e. The maximum Gasteiger partial charge on any atom is 0.314 e. The molecule has 0 bridgehead atoms. The van der Waals surface area contributed by atoms with Gasteiger partial charge < -0.3 is 20.6 Å². The number of amides is 3. The Hall–Kier alpha value is -2.34. The number of urea groups is 1. The van der Waals surface area contributed by atoms with Gasteiger partial charge in [0.25, 0.3) is 0 Å². The molecule has 0 saturated carbocycles. The summed E-state index contributed by atoms with van der Waals surface area (Å²) in [7, 11) is 0. The number of hydrogen-bond acceptors (Lipinski definition) is 3. The number of carbonyl (C=O) groups excluding carboxylic acids is 2. The molecule has 158 valence electrons. The molecular weight excluding hydrogens is 366 g/mol. The summed E-state index contributed by atoms with van der Waals surface area (Å²) in [5.74, 6) is -0.0743. The van der Waals surface area contributed by atoms with Crippen LogP contribution < -0.4 is 10.6 Å². The third-order valence-electron chi connectivity index (χ3n) is 6.06. The molecule has 3 rings (SSSR count). The number of carbonyl (C=O) groups is 2. The Balaban J connectivity index is 1.74. The Morgan fingerprint density at radius 1 is 1.14 bits per heavy atom. The molecule has 6 nitrogen and oxygen atoms in total. The van der Waals surface area contributed by atoms with Gasteiger partial charge in [0.15, 0.2) is 0 Å². The second-order valence-electron chi connectivity index (χ2n) is 8.00. The number of nitrogens with one attached hydrogen (secondary N) is 2. The summed E-state index contributed by atoms with van der Waals surface area (Å²) in [4.78, 5) is 25.8. The normalized spacial score (nSPS) is 23.8. The third-order valence-corrected chi connectivity index (χ3v) is 6.06. The number of hydrogen-bond donors (Lipinski definition) is 3. The lowest BCUT2D eigenvalue weighted by Crippen LogP contribution is -2.68. The SMILES string of the molecule is CCCNC(=O)NC[C@@H]1[C@@H](c2ccc(C3=CCCCC3)cc2)[C@@H](CO)N1C(C)=O. The van der Waals surface area contributed by atoms with Crippen LogP contribution in [0, 0.1) is 0 Å². The number of rotatable bonds is 7. The number of likely N-dealkylation sites (tertiary alicyclic amines) is 1. The molecule has 6 heteroatoms. The van der Waals surface area contributed by atoms with Gasteiger partial charge in [0.2, 0.25) is 5.91 Å². The average Bonchev–Trinajstić information content (AvgIpc) is 2.72. The minimum Gasteiger partial charge on any atom is -0.394 e. The Labute approximate surface area is 173 Å². The average molecular weight is 400 g/mol. The molecule has 1 fully saturated rings. The van der Waals surface area contributed by atoms with E-state index in [-0.39, 0.29) is 36.5 Å². The highest BCUT2D eigenvalue weighted by Crippen LogP contribution is 2.41. The predicted molar refractivity (Wildman–Crippen MR) is 115 cm³/mol. The van der Waals surface area contributed by atoms with E-state index in [0.29, 0.717) is 13.1 Å². The first-order valence-corrected chi connectivity index (χ1v) is 10.8. The van der Waals surface area contributed by atoms with Crippen molar-refractivity contribution in [1.82, 2.24) is 15.5 Å². The fraction of sp³-hybridized carbons (Fsp3) is 0.565. The Morgan fingerprint density at radius 3 is 2.48 bits per heavy atom. The summed E-state index contributed by atoms with van der Waals surface area (Å²) in [6.45, 7) is 4.41. The van der Waals surface area contributed by atoms with Crippen LogP contribution in [0.15, 0.2) is 30.3 Å². The second-order valence-corrected chi connectivity index (χ2v) is 8.00. The molecule has 1 saturated heterocycles. The van der Waals surface area contributed by atoms with Gasteiger partial charge in [0.05, 0.1) is 18.7 Å². The Bertz CT molecular complexity index is 744. The van der Waals surface area contributed by atoms with Crippen LogP contribution in [0.2, 0.25) is 0 Å². The highest BCUT2D eigenvalue weighted by atomic mass is 16.3. The van der Waals surface area contributed by atoms with Crippen LogP contribution in [0.1, 0.15) is 63.0 Å². The van der Waals surface area contributed by atoms with Gasteiger partial charge in [-0.2, -0.15) is 0 Å². The molecular formula is C23H33N3O3. The van der Waals surface area contributed by atoms with Crippen molar-refractivity contribution in [1.29, 1.82) is 0 Å². The van der Waals surface area contributed by atoms with E-state index >= 15 is 0 Å². The van der Waals surface area contributed by atoms with Crippen molar-refractivity contribution >= 4 is 17.5 Å². The van der Waals surface area contributed by atoms with E-state index in [2.05, 4.69) is 41.0 Å². The first-order chi connectivity index (χ1) is 14.1. The van der Waals surface area contributed by atoms with E-state index in [0.717, 1.165) is 24.8 Å². The number of aliphatic hydroxyl groups excluding tert-OH is 1. The second kappa shape index (κ2) is 9.92. The summed E-state index contributed by atoms with van der Waals surface area (Å²) in [5.41, 5.74) is 3.76. The van der Waals surface area contributed by atoms with Gasteiger partial charge in [-0.15, -0.1) is 0 Å². The summed E-state index contributed by atoms with van der Waals surface area (Å²) >= 11 is 0. The van der Waals surface area contributed by atoms with E-state index < -0.39 is 0 Å². The van der Waals surface area contributed by atoms with E-state index in [1.165, 1.54) is 30.9 Å². The topological polar surface area (TPSA) is 81.7 Å². The van der Waals surface area contributed by atoms with Crippen molar-refractivity contribution in [3.63, 3.8) is 0 Å². The van der Waals surface area contributed by atoms with Crippen molar-refractivity contribution in [2.75, 3.05) is 19.7 Å². The van der Waals surface area contributed by atoms with Crippen LogP contribution in [-0.2, 0) is 4.79 Å². The molecule has 1 aromatic rings. The molecule has 3 amide bonds. The summed E-state index contributed by atoms with van der Waals surface area (Å²) in [5, 5.41) is 15.6. The minimum atomic E-state index is -0.252. The zero-order valence-corrected chi connectivity index (χ0v) is 17.5.